The number of benzene rings is 1. The molecule has 3 rings (SSSR count). The molecule has 0 radical (unpaired) electrons. The largest absolute Gasteiger partial charge is 0.455 e. The summed E-state index contributed by atoms with van der Waals surface area (Å²) in [4.78, 5) is 25.9. The highest BCUT2D eigenvalue weighted by Crippen LogP contribution is 2.64. The molecule has 0 aromatic heterocycles. The first kappa shape index (κ1) is 21.6. The van der Waals surface area contributed by atoms with Crippen LogP contribution in [0.1, 0.15) is 13.3 Å². The van der Waals surface area contributed by atoms with Crippen molar-refractivity contribution < 1.29 is 22.7 Å². The van der Waals surface area contributed by atoms with Gasteiger partial charge in [0.15, 0.2) is 6.61 Å². The minimum atomic E-state index is -3.66. The van der Waals surface area contributed by atoms with Crippen LogP contribution in [0.4, 0.5) is 0 Å². The number of piperazine rings is 1. The van der Waals surface area contributed by atoms with Gasteiger partial charge in [0.05, 0.1) is 4.90 Å². The molecule has 1 aliphatic carbocycles. The third kappa shape index (κ3) is 4.11. The molecule has 0 spiro atoms. The van der Waals surface area contributed by atoms with E-state index in [1.807, 2.05) is 0 Å². The molecule has 1 aliphatic heterocycles. The number of amides is 1. The fourth-order valence-corrected chi connectivity index (χ4v) is 5.17. The Hall–Kier alpha value is -1.06. The number of sulfonamides is 1. The van der Waals surface area contributed by atoms with Gasteiger partial charge in [-0.1, -0.05) is 11.6 Å². The van der Waals surface area contributed by atoms with E-state index in [1.165, 1.54) is 33.5 Å². The number of halogens is 3. The van der Waals surface area contributed by atoms with Crippen LogP contribution >= 0.6 is 34.8 Å². The summed E-state index contributed by atoms with van der Waals surface area (Å²) in [5, 5.41) is 0.449. The molecule has 154 valence electrons. The summed E-state index contributed by atoms with van der Waals surface area (Å²) in [6, 6.07) is 5.92. The second-order valence-corrected chi connectivity index (χ2v) is 10.9. The normalized spacial score (nSPS) is 24.6. The smallest absolute Gasteiger partial charge is 0.315 e. The highest BCUT2D eigenvalue weighted by atomic mass is 35.5. The van der Waals surface area contributed by atoms with Crippen LogP contribution in [0.3, 0.4) is 0 Å². The summed E-state index contributed by atoms with van der Waals surface area (Å²) in [5.41, 5.74) is -0.998. The van der Waals surface area contributed by atoms with Crippen molar-refractivity contribution >= 4 is 56.7 Å². The van der Waals surface area contributed by atoms with Crippen LogP contribution in [0.15, 0.2) is 29.2 Å². The fraction of sp³-hybridized carbons (Fsp3) is 0.529. The predicted molar refractivity (Wildman–Crippen MR) is 105 cm³/mol. The molecule has 0 N–H and O–H groups in total. The summed E-state index contributed by atoms with van der Waals surface area (Å²) < 4.78 is 30.5. The van der Waals surface area contributed by atoms with Gasteiger partial charge in [-0.2, -0.15) is 4.31 Å². The molecule has 2 aliphatic rings. The quantitative estimate of drug-likeness (QED) is 0.488. The van der Waals surface area contributed by atoms with Gasteiger partial charge >= 0.3 is 5.97 Å². The molecule has 1 saturated heterocycles. The Morgan fingerprint density at radius 1 is 1.11 bits per heavy atom. The molecule has 1 saturated carbocycles. The lowest BCUT2D eigenvalue weighted by molar-refractivity contribution is -0.156. The van der Waals surface area contributed by atoms with Gasteiger partial charge in [0.2, 0.25) is 10.0 Å². The van der Waals surface area contributed by atoms with E-state index in [4.69, 9.17) is 39.5 Å². The zero-order valence-electron chi connectivity index (χ0n) is 15.0. The summed E-state index contributed by atoms with van der Waals surface area (Å²) in [5.74, 6) is -1.01. The van der Waals surface area contributed by atoms with E-state index >= 15 is 0 Å². The predicted octanol–water partition coefficient (Wildman–Crippen LogP) is 2.30. The number of ether oxygens (including phenoxy) is 1. The number of hydrogen-bond acceptors (Lipinski definition) is 5. The van der Waals surface area contributed by atoms with E-state index in [0.29, 0.717) is 5.02 Å². The molecule has 7 nitrogen and oxygen atoms in total. The molecule has 2 fully saturated rings. The van der Waals surface area contributed by atoms with Crippen LogP contribution in [0.25, 0.3) is 0 Å². The summed E-state index contributed by atoms with van der Waals surface area (Å²) >= 11 is 17.6. The van der Waals surface area contributed by atoms with Crippen molar-refractivity contribution in [2.75, 3.05) is 32.8 Å². The summed E-state index contributed by atoms with van der Waals surface area (Å²) in [7, 11) is -3.66. The topological polar surface area (TPSA) is 84.0 Å². The Bertz CT molecular complexity index is 883. The van der Waals surface area contributed by atoms with E-state index < -0.39 is 38.3 Å². The van der Waals surface area contributed by atoms with Crippen molar-refractivity contribution in [2.24, 2.45) is 5.41 Å². The van der Waals surface area contributed by atoms with Gasteiger partial charge in [-0.25, -0.2) is 8.42 Å². The average Bonchev–Trinajstić information content (AvgIpc) is 3.19. The van der Waals surface area contributed by atoms with Crippen LogP contribution < -0.4 is 0 Å². The molecule has 11 heteroatoms. The number of carbonyl (C=O) groups is 2. The average molecular weight is 470 g/mol. The third-order valence-corrected chi connectivity index (χ3v) is 8.34. The first-order valence-corrected chi connectivity index (χ1v) is 11.1. The molecule has 0 bridgehead atoms. The van der Waals surface area contributed by atoms with Crippen molar-refractivity contribution in [3.05, 3.63) is 29.3 Å². The molecule has 28 heavy (non-hydrogen) atoms. The van der Waals surface area contributed by atoms with Gasteiger partial charge in [0, 0.05) is 37.6 Å². The SMILES string of the molecule is CC1(C(=O)OCC(=O)N2CCN(S(=O)(=O)c3ccc(Cl)cc3)CC2)CC1(Cl)Cl. The fourth-order valence-electron chi connectivity index (χ4n) is 2.93. The van der Waals surface area contributed by atoms with Gasteiger partial charge in [-0.3, -0.25) is 9.59 Å². The Morgan fingerprint density at radius 3 is 2.14 bits per heavy atom. The lowest BCUT2D eigenvalue weighted by atomic mass is 10.1. The zero-order valence-corrected chi connectivity index (χ0v) is 18.1. The number of nitrogens with zero attached hydrogens (tertiary/aromatic N) is 2. The van der Waals surface area contributed by atoms with Crippen molar-refractivity contribution in [2.45, 2.75) is 22.6 Å². The second kappa shape index (κ2) is 7.65. The third-order valence-electron chi connectivity index (χ3n) is 5.08. The van der Waals surface area contributed by atoms with Gasteiger partial charge < -0.3 is 9.64 Å². The minimum absolute atomic E-state index is 0.147. The maximum absolute atomic E-state index is 12.7. The van der Waals surface area contributed by atoms with E-state index in [0.717, 1.165) is 0 Å². The van der Waals surface area contributed by atoms with Crippen molar-refractivity contribution in [1.29, 1.82) is 0 Å². The zero-order chi connectivity index (χ0) is 20.7. The Kier molecular flexibility index (Phi) is 5.91. The maximum atomic E-state index is 12.7. The van der Waals surface area contributed by atoms with Gasteiger partial charge in [-0.15, -0.1) is 23.2 Å². The van der Waals surface area contributed by atoms with E-state index in [-0.39, 0.29) is 37.5 Å². The Balaban J connectivity index is 1.51. The molecule has 1 heterocycles. The van der Waals surface area contributed by atoms with Crippen LogP contribution in [0, 0.1) is 5.41 Å². The standard InChI is InChI=1S/C17H19Cl3N2O5S/c1-16(11-17(16,19)20)15(24)27-10-14(23)21-6-8-22(9-7-21)28(25,26)13-4-2-12(18)3-5-13/h2-5H,6-11H2,1H3. The van der Waals surface area contributed by atoms with Crippen molar-refractivity contribution in [1.82, 2.24) is 9.21 Å². The first-order chi connectivity index (χ1) is 13.0. The van der Waals surface area contributed by atoms with E-state index in [9.17, 15) is 18.0 Å². The summed E-state index contributed by atoms with van der Waals surface area (Å²) in [6.45, 7) is 1.86. The lowest BCUT2D eigenvalue weighted by Crippen LogP contribution is -2.51. The molecule has 1 aromatic rings. The number of carbonyl (C=O) groups excluding carboxylic acids is 2. The molecular formula is C17H19Cl3N2O5S. The highest BCUT2D eigenvalue weighted by molar-refractivity contribution is 7.89. The number of esters is 1. The highest BCUT2D eigenvalue weighted by Gasteiger charge is 2.69. The first-order valence-electron chi connectivity index (χ1n) is 8.56. The Morgan fingerprint density at radius 2 is 1.64 bits per heavy atom. The van der Waals surface area contributed by atoms with E-state index in [1.54, 1.807) is 6.92 Å². The number of hydrogen-bond donors (Lipinski definition) is 0. The number of rotatable bonds is 5. The summed E-state index contributed by atoms with van der Waals surface area (Å²) in [6.07, 6.45) is 0.275. The van der Waals surface area contributed by atoms with Gasteiger partial charge in [-0.05, 0) is 31.2 Å². The lowest BCUT2D eigenvalue weighted by Gasteiger charge is -2.34. The van der Waals surface area contributed by atoms with Crippen LogP contribution in [-0.4, -0.2) is 66.6 Å². The van der Waals surface area contributed by atoms with E-state index in [2.05, 4.69) is 0 Å². The van der Waals surface area contributed by atoms with Crippen molar-refractivity contribution in [3.63, 3.8) is 0 Å². The minimum Gasteiger partial charge on any atom is -0.455 e. The second-order valence-electron chi connectivity index (χ2n) is 7.03. The molecule has 1 atom stereocenters. The van der Waals surface area contributed by atoms with Crippen LogP contribution in [-0.2, 0) is 24.3 Å². The maximum Gasteiger partial charge on any atom is 0.315 e. The molecule has 1 unspecified atom stereocenters. The molecular weight excluding hydrogens is 451 g/mol. The van der Waals surface area contributed by atoms with Crippen molar-refractivity contribution in [3.8, 4) is 0 Å². The van der Waals surface area contributed by atoms with Crippen LogP contribution in [0.2, 0.25) is 5.02 Å². The number of alkyl halides is 2. The monoisotopic (exact) mass is 468 g/mol. The molecule has 1 aromatic carbocycles. The van der Waals surface area contributed by atoms with Gasteiger partial charge in [0.1, 0.15) is 9.75 Å². The van der Waals surface area contributed by atoms with Gasteiger partial charge in [0.25, 0.3) is 5.91 Å². The molecule has 1 amide bonds. The van der Waals surface area contributed by atoms with Crippen LogP contribution in [0.5, 0.6) is 0 Å². The Labute approximate surface area is 178 Å².